The molecule has 0 spiro atoms. The van der Waals surface area contributed by atoms with Crippen LogP contribution in [0.1, 0.15) is 26.7 Å². The van der Waals surface area contributed by atoms with Gasteiger partial charge in [0.05, 0.1) is 12.7 Å². The first-order chi connectivity index (χ1) is 9.72. The van der Waals surface area contributed by atoms with E-state index in [2.05, 4.69) is 39.0 Å². The van der Waals surface area contributed by atoms with E-state index in [1.807, 2.05) is 0 Å². The van der Waals surface area contributed by atoms with Crippen LogP contribution < -0.4 is 15.0 Å². The van der Waals surface area contributed by atoms with E-state index in [0.717, 1.165) is 32.5 Å². The first-order valence-electron chi connectivity index (χ1n) is 7.16. The summed E-state index contributed by atoms with van der Waals surface area (Å²) in [5, 5.41) is 2.95. The van der Waals surface area contributed by atoms with Crippen molar-refractivity contribution in [2.24, 2.45) is 0 Å². The molecule has 1 fully saturated rings. The molecule has 7 heteroatoms. The predicted octanol–water partition coefficient (Wildman–Crippen LogP) is 1.32. The highest BCUT2D eigenvalue weighted by atomic mass is 16.5. The highest BCUT2D eigenvalue weighted by molar-refractivity contribution is 5.38. The molecule has 2 rings (SSSR count). The summed E-state index contributed by atoms with van der Waals surface area (Å²) in [5.74, 6) is 1.17. The number of hydrogen-bond acceptors (Lipinski definition) is 7. The molecule has 1 aromatic heterocycles. The number of aromatic nitrogens is 3. The molecule has 1 aliphatic rings. The van der Waals surface area contributed by atoms with E-state index in [-0.39, 0.29) is 6.10 Å². The maximum Gasteiger partial charge on any atom is 0.323 e. The van der Waals surface area contributed by atoms with Crippen molar-refractivity contribution in [2.75, 3.05) is 43.6 Å². The highest BCUT2D eigenvalue weighted by Crippen LogP contribution is 2.17. The fraction of sp³-hybridized carbons (Fsp3) is 0.769. The number of nitrogens with one attached hydrogen (secondary N) is 1. The fourth-order valence-corrected chi connectivity index (χ4v) is 2.03. The van der Waals surface area contributed by atoms with Crippen molar-refractivity contribution in [1.29, 1.82) is 0 Å². The Balaban J connectivity index is 2.19. The third-order valence-electron chi connectivity index (χ3n) is 3.00. The Bertz CT molecular complexity index is 429. The maximum absolute atomic E-state index is 5.65. The molecule has 2 heterocycles. The molecular formula is C13H23N5O2. The Hall–Kier alpha value is -1.63. The van der Waals surface area contributed by atoms with E-state index in [1.165, 1.54) is 0 Å². The van der Waals surface area contributed by atoms with Crippen LogP contribution in [0, 0.1) is 0 Å². The van der Waals surface area contributed by atoms with E-state index in [0.29, 0.717) is 24.5 Å². The van der Waals surface area contributed by atoms with E-state index >= 15 is 0 Å². The van der Waals surface area contributed by atoms with Gasteiger partial charge in [0.15, 0.2) is 0 Å². The fourth-order valence-electron chi connectivity index (χ4n) is 2.03. The number of rotatable bonds is 5. The summed E-state index contributed by atoms with van der Waals surface area (Å²) < 4.78 is 11.2. The van der Waals surface area contributed by atoms with Crippen LogP contribution in [0.4, 0.5) is 11.9 Å². The lowest BCUT2D eigenvalue weighted by Crippen LogP contribution is -2.32. The van der Waals surface area contributed by atoms with Gasteiger partial charge < -0.3 is 19.7 Å². The SMILES string of the molecule is CCCOc1nc(NC)nc(N2CCCOC(C)C2)n1. The van der Waals surface area contributed by atoms with Crippen LogP contribution in [-0.4, -0.2) is 54.4 Å². The van der Waals surface area contributed by atoms with Gasteiger partial charge in [-0.25, -0.2) is 0 Å². The second kappa shape index (κ2) is 7.23. The summed E-state index contributed by atoms with van der Waals surface area (Å²) in [6.07, 6.45) is 2.06. The zero-order chi connectivity index (χ0) is 14.4. The topological polar surface area (TPSA) is 72.4 Å². The van der Waals surface area contributed by atoms with Crippen LogP contribution in [0.25, 0.3) is 0 Å². The van der Waals surface area contributed by atoms with Gasteiger partial charge in [0.25, 0.3) is 0 Å². The Morgan fingerprint density at radius 3 is 3.00 bits per heavy atom. The van der Waals surface area contributed by atoms with Crippen molar-refractivity contribution in [3.8, 4) is 6.01 Å². The van der Waals surface area contributed by atoms with Gasteiger partial charge in [-0.3, -0.25) is 0 Å². The summed E-state index contributed by atoms with van der Waals surface area (Å²) in [6, 6.07) is 0.374. The predicted molar refractivity (Wildman–Crippen MR) is 77.4 cm³/mol. The number of ether oxygens (including phenoxy) is 2. The standard InChI is InChI=1S/C13H23N5O2/c1-4-7-20-13-16-11(14-3)15-12(17-13)18-6-5-8-19-10(2)9-18/h10H,4-9H2,1-3H3,(H,14,15,16,17). The van der Waals surface area contributed by atoms with Crippen LogP contribution in [0.15, 0.2) is 0 Å². The van der Waals surface area contributed by atoms with E-state index < -0.39 is 0 Å². The zero-order valence-corrected chi connectivity index (χ0v) is 12.4. The molecule has 1 aliphatic heterocycles. The van der Waals surface area contributed by atoms with Crippen LogP contribution in [0.3, 0.4) is 0 Å². The molecule has 1 atom stereocenters. The lowest BCUT2D eigenvalue weighted by molar-refractivity contribution is 0.0820. The molecule has 0 aromatic carbocycles. The molecule has 1 unspecified atom stereocenters. The molecule has 0 amide bonds. The second-order valence-electron chi connectivity index (χ2n) is 4.82. The van der Waals surface area contributed by atoms with Crippen molar-refractivity contribution < 1.29 is 9.47 Å². The second-order valence-corrected chi connectivity index (χ2v) is 4.82. The summed E-state index contributed by atoms with van der Waals surface area (Å²) in [5.41, 5.74) is 0. The molecule has 20 heavy (non-hydrogen) atoms. The lowest BCUT2D eigenvalue weighted by atomic mass is 10.3. The molecular weight excluding hydrogens is 258 g/mol. The van der Waals surface area contributed by atoms with Crippen LogP contribution in [-0.2, 0) is 4.74 Å². The van der Waals surface area contributed by atoms with Gasteiger partial charge in [-0.05, 0) is 19.8 Å². The van der Waals surface area contributed by atoms with Gasteiger partial charge in [-0.15, -0.1) is 0 Å². The van der Waals surface area contributed by atoms with Crippen molar-refractivity contribution in [3.63, 3.8) is 0 Å². The van der Waals surface area contributed by atoms with Crippen molar-refractivity contribution in [1.82, 2.24) is 15.0 Å². The number of nitrogens with zero attached hydrogens (tertiary/aromatic N) is 4. The largest absolute Gasteiger partial charge is 0.463 e. The molecule has 0 bridgehead atoms. The normalized spacial score (nSPS) is 19.6. The smallest absolute Gasteiger partial charge is 0.323 e. The Morgan fingerprint density at radius 1 is 1.40 bits per heavy atom. The minimum absolute atomic E-state index is 0.173. The minimum atomic E-state index is 0.173. The quantitative estimate of drug-likeness (QED) is 0.872. The molecule has 7 nitrogen and oxygen atoms in total. The summed E-state index contributed by atoms with van der Waals surface area (Å²) >= 11 is 0. The van der Waals surface area contributed by atoms with E-state index in [4.69, 9.17) is 9.47 Å². The van der Waals surface area contributed by atoms with E-state index in [1.54, 1.807) is 7.05 Å². The van der Waals surface area contributed by atoms with Crippen molar-refractivity contribution in [3.05, 3.63) is 0 Å². The third-order valence-corrected chi connectivity index (χ3v) is 3.00. The zero-order valence-electron chi connectivity index (χ0n) is 12.4. The average Bonchev–Trinajstić information content (AvgIpc) is 2.69. The van der Waals surface area contributed by atoms with Gasteiger partial charge in [0.1, 0.15) is 0 Å². The summed E-state index contributed by atoms with van der Waals surface area (Å²) in [7, 11) is 1.79. The highest BCUT2D eigenvalue weighted by Gasteiger charge is 2.19. The molecule has 0 aliphatic carbocycles. The van der Waals surface area contributed by atoms with Crippen LogP contribution >= 0.6 is 0 Å². The van der Waals surface area contributed by atoms with Gasteiger partial charge in [0, 0.05) is 26.7 Å². The Labute approximate surface area is 119 Å². The Morgan fingerprint density at radius 2 is 2.25 bits per heavy atom. The van der Waals surface area contributed by atoms with Gasteiger partial charge >= 0.3 is 6.01 Å². The first-order valence-corrected chi connectivity index (χ1v) is 7.16. The minimum Gasteiger partial charge on any atom is -0.463 e. The molecule has 1 saturated heterocycles. The molecule has 1 aromatic rings. The first kappa shape index (κ1) is 14.8. The number of hydrogen-bond donors (Lipinski definition) is 1. The monoisotopic (exact) mass is 281 g/mol. The maximum atomic E-state index is 5.65. The van der Waals surface area contributed by atoms with Gasteiger partial charge in [-0.1, -0.05) is 6.92 Å². The van der Waals surface area contributed by atoms with Crippen molar-refractivity contribution in [2.45, 2.75) is 32.8 Å². The third kappa shape index (κ3) is 3.93. The summed E-state index contributed by atoms with van der Waals surface area (Å²) in [6.45, 7) is 7.15. The molecule has 112 valence electrons. The van der Waals surface area contributed by atoms with Gasteiger partial charge in [-0.2, -0.15) is 15.0 Å². The number of anilines is 2. The molecule has 1 N–H and O–H groups in total. The van der Waals surface area contributed by atoms with Crippen LogP contribution in [0.5, 0.6) is 6.01 Å². The molecule has 0 saturated carbocycles. The van der Waals surface area contributed by atoms with Crippen molar-refractivity contribution >= 4 is 11.9 Å². The average molecular weight is 281 g/mol. The lowest BCUT2D eigenvalue weighted by Gasteiger charge is -2.22. The van der Waals surface area contributed by atoms with Crippen LogP contribution in [0.2, 0.25) is 0 Å². The molecule has 0 radical (unpaired) electrons. The Kier molecular flexibility index (Phi) is 5.34. The van der Waals surface area contributed by atoms with Gasteiger partial charge in [0.2, 0.25) is 11.9 Å². The summed E-state index contributed by atoms with van der Waals surface area (Å²) in [4.78, 5) is 15.2. The van der Waals surface area contributed by atoms with E-state index in [9.17, 15) is 0 Å².